The van der Waals surface area contributed by atoms with Gasteiger partial charge in [-0.1, -0.05) is 42.5 Å². The number of amides is 1. The number of carbonyl (C=O) groups is 2. The molecular weight excluding hydrogens is 314 g/mol. The first kappa shape index (κ1) is 16.4. The molecule has 1 aromatic heterocycles. The lowest BCUT2D eigenvalue weighted by molar-refractivity contribution is 0.0963. The van der Waals surface area contributed by atoms with E-state index in [1.54, 1.807) is 19.2 Å². The van der Waals surface area contributed by atoms with Gasteiger partial charge in [-0.25, -0.2) is 4.98 Å². The number of allylic oxidation sites excluding steroid dienone is 1. The molecule has 1 amide bonds. The van der Waals surface area contributed by atoms with E-state index in [0.717, 1.165) is 16.7 Å². The van der Waals surface area contributed by atoms with Crippen LogP contribution in [0.25, 0.3) is 17.2 Å². The van der Waals surface area contributed by atoms with Crippen molar-refractivity contribution >= 4 is 17.8 Å². The lowest BCUT2D eigenvalue weighted by atomic mass is 9.96. The summed E-state index contributed by atoms with van der Waals surface area (Å²) < 4.78 is 0. The Morgan fingerprint density at radius 2 is 1.92 bits per heavy atom. The maximum Gasteiger partial charge on any atom is 0.251 e. The molecule has 3 aromatic rings. The van der Waals surface area contributed by atoms with E-state index in [1.807, 2.05) is 42.5 Å². The van der Waals surface area contributed by atoms with Gasteiger partial charge in [-0.2, -0.15) is 0 Å². The van der Waals surface area contributed by atoms with E-state index in [1.165, 1.54) is 18.6 Å². The number of hydrogen-bond donors (Lipinski definition) is 2. The lowest BCUT2D eigenvalue weighted by Crippen LogP contribution is -2.18. The average Bonchev–Trinajstić information content (AvgIpc) is 3.21. The molecule has 0 radical (unpaired) electrons. The number of nitrogens with one attached hydrogen (secondary N) is 2. The summed E-state index contributed by atoms with van der Waals surface area (Å²) >= 11 is 0. The normalized spacial score (nSPS) is 10.8. The van der Waals surface area contributed by atoms with E-state index in [0.29, 0.717) is 11.3 Å². The second-order valence-electron chi connectivity index (χ2n) is 5.41. The molecule has 5 nitrogen and oxygen atoms in total. The summed E-state index contributed by atoms with van der Waals surface area (Å²) in [5.74, 6) is -0.308. The highest BCUT2D eigenvalue weighted by Crippen LogP contribution is 2.25. The molecule has 0 unspecified atom stereocenters. The number of ketones is 1. The first-order chi connectivity index (χ1) is 12.2. The molecule has 3 rings (SSSR count). The fourth-order valence-electron chi connectivity index (χ4n) is 2.51. The number of rotatable bonds is 5. The van der Waals surface area contributed by atoms with Crippen LogP contribution in [-0.4, -0.2) is 28.7 Å². The number of nitrogens with zero attached hydrogens (tertiary/aromatic N) is 1. The molecule has 0 fully saturated rings. The van der Waals surface area contributed by atoms with Crippen LogP contribution in [0, 0.1) is 0 Å². The molecular formula is C20H17N3O2. The van der Waals surface area contributed by atoms with Gasteiger partial charge in [-0.05, 0) is 34.9 Å². The van der Waals surface area contributed by atoms with Crippen LogP contribution in [0.15, 0.2) is 67.1 Å². The molecule has 1 heterocycles. The van der Waals surface area contributed by atoms with Gasteiger partial charge in [-0.3, -0.25) is 9.59 Å². The van der Waals surface area contributed by atoms with Crippen molar-refractivity contribution in [2.75, 3.05) is 7.05 Å². The molecule has 2 N–H and O–H groups in total. The van der Waals surface area contributed by atoms with E-state index < -0.39 is 0 Å². The molecule has 0 bridgehead atoms. The van der Waals surface area contributed by atoms with Crippen LogP contribution in [0.3, 0.4) is 0 Å². The van der Waals surface area contributed by atoms with Crippen LogP contribution in [0.4, 0.5) is 0 Å². The number of aromatic nitrogens is 2. The first-order valence-corrected chi connectivity index (χ1v) is 7.81. The number of H-pyrrole nitrogens is 1. The Balaban J connectivity index is 1.97. The van der Waals surface area contributed by atoms with E-state index in [9.17, 15) is 9.59 Å². The average molecular weight is 331 g/mol. The predicted octanol–water partition coefficient (Wildman–Crippen LogP) is 3.33. The van der Waals surface area contributed by atoms with Crippen LogP contribution in [-0.2, 0) is 0 Å². The van der Waals surface area contributed by atoms with Crippen molar-refractivity contribution in [2.45, 2.75) is 0 Å². The third-order valence-corrected chi connectivity index (χ3v) is 3.79. The van der Waals surface area contributed by atoms with Crippen molar-refractivity contribution < 1.29 is 9.59 Å². The van der Waals surface area contributed by atoms with Crippen LogP contribution < -0.4 is 5.32 Å². The van der Waals surface area contributed by atoms with Crippen molar-refractivity contribution in [1.29, 1.82) is 0 Å². The van der Waals surface area contributed by atoms with E-state index in [2.05, 4.69) is 15.3 Å². The topological polar surface area (TPSA) is 74.8 Å². The molecule has 124 valence electrons. The van der Waals surface area contributed by atoms with Crippen molar-refractivity contribution in [3.63, 3.8) is 0 Å². The summed E-state index contributed by atoms with van der Waals surface area (Å²) in [5, 5.41) is 2.66. The van der Waals surface area contributed by atoms with Gasteiger partial charge in [0.1, 0.15) is 5.69 Å². The summed E-state index contributed by atoms with van der Waals surface area (Å²) in [6.07, 6.45) is 6.16. The standard InChI is InChI=1S/C20H17N3O2/c1-21-20(25)16-9-7-14(8-10-19(24)18-12-22-13-23-18)11-17(16)15-5-3-2-4-6-15/h2-13H,1H3,(H,21,25)(H,22,23)/b10-8+. The Morgan fingerprint density at radius 1 is 1.12 bits per heavy atom. The Kier molecular flexibility index (Phi) is 4.85. The van der Waals surface area contributed by atoms with Gasteiger partial charge in [-0.15, -0.1) is 0 Å². The van der Waals surface area contributed by atoms with E-state index in [4.69, 9.17) is 0 Å². The van der Waals surface area contributed by atoms with Crippen LogP contribution >= 0.6 is 0 Å². The zero-order valence-corrected chi connectivity index (χ0v) is 13.7. The summed E-state index contributed by atoms with van der Waals surface area (Å²) in [4.78, 5) is 30.8. The highest BCUT2D eigenvalue weighted by molar-refractivity contribution is 6.05. The molecule has 0 aliphatic heterocycles. The summed E-state index contributed by atoms with van der Waals surface area (Å²) in [7, 11) is 1.61. The number of aromatic amines is 1. The lowest BCUT2D eigenvalue weighted by Gasteiger charge is -2.10. The molecule has 0 saturated carbocycles. The SMILES string of the molecule is CNC(=O)c1ccc(/C=C/C(=O)c2cnc[nH]2)cc1-c1ccccc1. The molecule has 0 aliphatic rings. The van der Waals surface area contributed by atoms with Crippen molar-refractivity contribution in [3.05, 3.63) is 84.0 Å². The third-order valence-electron chi connectivity index (χ3n) is 3.79. The molecule has 25 heavy (non-hydrogen) atoms. The monoisotopic (exact) mass is 331 g/mol. The zero-order valence-electron chi connectivity index (χ0n) is 13.7. The molecule has 2 aromatic carbocycles. The maximum atomic E-state index is 12.1. The van der Waals surface area contributed by atoms with Gasteiger partial charge >= 0.3 is 0 Å². The summed E-state index contributed by atoms with van der Waals surface area (Å²) in [6.45, 7) is 0. The Hall–Kier alpha value is -3.47. The van der Waals surface area contributed by atoms with Crippen molar-refractivity contribution in [2.24, 2.45) is 0 Å². The second kappa shape index (κ2) is 7.40. The minimum atomic E-state index is -0.158. The molecule has 0 spiro atoms. The number of carbonyl (C=O) groups excluding carboxylic acids is 2. The quantitative estimate of drug-likeness (QED) is 0.556. The van der Waals surface area contributed by atoms with Gasteiger partial charge in [0.2, 0.25) is 5.78 Å². The highest BCUT2D eigenvalue weighted by Gasteiger charge is 2.12. The number of benzene rings is 2. The Morgan fingerprint density at radius 3 is 2.60 bits per heavy atom. The van der Waals surface area contributed by atoms with Crippen molar-refractivity contribution in [3.8, 4) is 11.1 Å². The minimum Gasteiger partial charge on any atom is -0.355 e. The fourth-order valence-corrected chi connectivity index (χ4v) is 2.51. The molecule has 5 heteroatoms. The number of hydrogen-bond acceptors (Lipinski definition) is 3. The van der Waals surface area contributed by atoms with E-state index >= 15 is 0 Å². The van der Waals surface area contributed by atoms with Crippen molar-refractivity contribution in [1.82, 2.24) is 15.3 Å². The highest BCUT2D eigenvalue weighted by atomic mass is 16.1. The largest absolute Gasteiger partial charge is 0.355 e. The zero-order chi connectivity index (χ0) is 17.6. The molecule has 0 aliphatic carbocycles. The smallest absolute Gasteiger partial charge is 0.251 e. The summed E-state index contributed by atoms with van der Waals surface area (Å²) in [5.41, 5.74) is 3.61. The van der Waals surface area contributed by atoms with Gasteiger partial charge in [0.15, 0.2) is 0 Å². The Labute approximate surface area is 145 Å². The van der Waals surface area contributed by atoms with Crippen LogP contribution in [0.1, 0.15) is 26.4 Å². The third kappa shape index (κ3) is 3.72. The number of imidazole rings is 1. The fraction of sp³-hybridized carbons (Fsp3) is 0.0500. The minimum absolute atomic E-state index is 0.150. The maximum absolute atomic E-state index is 12.1. The predicted molar refractivity (Wildman–Crippen MR) is 97.2 cm³/mol. The molecule has 0 saturated heterocycles. The van der Waals surface area contributed by atoms with Crippen LogP contribution in [0.2, 0.25) is 0 Å². The van der Waals surface area contributed by atoms with Gasteiger partial charge < -0.3 is 10.3 Å². The van der Waals surface area contributed by atoms with Gasteiger partial charge in [0.25, 0.3) is 5.91 Å². The van der Waals surface area contributed by atoms with E-state index in [-0.39, 0.29) is 11.7 Å². The summed E-state index contributed by atoms with van der Waals surface area (Å²) in [6, 6.07) is 15.2. The van der Waals surface area contributed by atoms with Gasteiger partial charge in [0.05, 0.1) is 12.5 Å². The Bertz CT molecular complexity index is 913. The van der Waals surface area contributed by atoms with Crippen LogP contribution in [0.5, 0.6) is 0 Å². The molecule has 0 atom stereocenters. The van der Waals surface area contributed by atoms with Gasteiger partial charge in [0, 0.05) is 12.6 Å². The second-order valence-corrected chi connectivity index (χ2v) is 5.41. The first-order valence-electron chi connectivity index (χ1n) is 7.81.